The predicted molar refractivity (Wildman–Crippen MR) is 70.4 cm³/mol. The quantitative estimate of drug-likeness (QED) is 0.811. The first-order valence-corrected chi connectivity index (χ1v) is 7.02. The third-order valence-electron chi connectivity index (χ3n) is 4.83. The van der Waals surface area contributed by atoms with Crippen LogP contribution in [0.4, 0.5) is 0 Å². The van der Waals surface area contributed by atoms with Gasteiger partial charge in [0.15, 0.2) is 5.78 Å². The molecule has 0 amide bonds. The summed E-state index contributed by atoms with van der Waals surface area (Å²) >= 11 is 0. The fourth-order valence-corrected chi connectivity index (χ4v) is 3.87. The molecule has 0 heterocycles. The molecule has 2 saturated carbocycles. The number of rotatable bonds is 2. The minimum Gasteiger partial charge on any atom is -0.390 e. The van der Waals surface area contributed by atoms with Crippen LogP contribution in [0.1, 0.15) is 48.9 Å². The summed E-state index contributed by atoms with van der Waals surface area (Å²) in [5.74, 6) is 0.468. The van der Waals surface area contributed by atoms with Crippen LogP contribution in [0.3, 0.4) is 0 Å². The Kier molecular flexibility index (Phi) is 2.98. The predicted octanol–water partition coefficient (Wildman–Crippen LogP) is 3.20. The Bertz CT molecular complexity index is 440. The molecular weight excluding hydrogens is 224 g/mol. The second-order valence-electron chi connectivity index (χ2n) is 5.83. The minimum atomic E-state index is -0.548. The van der Waals surface area contributed by atoms with Crippen LogP contribution in [-0.4, -0.2) is 16.5 Å². The zero-order valence-electron chi connectivity index (χ0n) is 10.6. The van der Waals surface area contributed by atoms with E-state index in [4.69, 9.17) is 0 Å². The highest BCUT2D eigenvalue weighted by Crippen LogP contribution is 2.49. The first kappa shape index (κ1) is 11.9. The van der Waals surface area contributed by atoms with Crippen molar-refractivity contribution in [1.29, 1.82) is 0 Å². The van der Waals surface area contributed by atoms with E-state index in [0.29, 0.717) is 0 Å². The molecule has 2 aliphatic rings. The van der Waals surface area contributed by atoms with Crippen LogP contribution in [0.25, 0.3) is 0 Å². The molecule has 0 spiro atoms. The molecule has 3 rings (SSSR count). The van der Waals surface area contributed by atoms with Gasteiger partial charge in [-0.15, -0.1) is 0 Å². The van der Waals surface area contributed by atoms with Crippen molar-refractivity contribution in [2.24, 2.45) is 11.8 Å². The fraction of sp³-hybridized carbons (Fsp3) is 0.562. The first-order valence-electron chi connectivity index (χ1n) is 7.02. The smallest absolute Gasteiger partial charge is 0.166 e. The number of aliphatic hydroxyl groups is 1. The summed E-state index contributed by atoms with van der Waals surface area (Å²) in [6.45, 7) is 0. The van der Waals surface area contributed by atoms with Gasteiger partial charge in [0.2, 0.25) is 0 Å². The van der Waals surface area contributed by atoms with E-state index in [0.717, 1.165) is 44.1 Å². The van der Waals surface area contributed by atoms with Crippen molar-refractivity contribution in [3.8, 4) is 0 Å². The lowest BCUT2D eigenvalue weighted by atomic mass is 9.73. The van der Waals surface area contributed by atoms with Crippen LogP contribution in [0.15, 0.2) is 30.3 Å². The van der Waals surface area contributed by atoms with Crippen LogP contribution in [-0.2, 0) is 0 Å². The van der Waals surface area contributed by atoms with Gasteiger partial charge >= 0.3 is 0 Å². The number of benzene rings is 1. The van der Waals surface area contributed by atoms with Gasteiger partial charge in [-0.05, 0) is 31.6 Å². The number of hydrogen-bond donors (Lipinski definition) is 1. The molecule has 1 aromatic rings. The van der Waals surface area contributed by atoms with E-state index in [-0.39, 0.29) is 17.6 Å². The lowest BCUT2D eigenvalue weighted by molar-refractivity contribution is -0.0349. The molecule has 0 aromatic heterocycles. The molecule has 2 fully saturated rings. The Labute approximate surface area is 108 Å². The van der Waals surface area contributed by atoms with E-state index in [9.17, 15) is 9.90 Å². The molecule has 2 nitrogen and oxygen atoms in total. The summed E-state index contributed by atoms with van der Waals surface area (Å²) in [6, 6.07) is 9.54. The van der Waals surface area contributed by atoms with Crippen molar-refractivity contribution in [1.82, 2.24) is 0 Å². The summed E-state index contributed by atoms with van der Waals surface area (Å²) in [4.78, 5) is 12.5. The van der Waals surface area contributed by atoms with Gasteiger partial charge in [-0.1, -0.05) is 43.2 Å². The Morgan fingerprint density at radius 3 is 2.67 bits per heavy atom. The van der Waals surface area contributed by atoms with Gasteiger partial charge in [-0.3, -0.25) is 4.79 Å². The molecule has 0 aliphatic heterocycles. The fourth-order valence-electron chi connectivity index (χ4n) is 3.87. The molecular formula is C16H20O2. The van der Waals surface area contributed by atoms with Crippen LogP contribution in [0, 0.1) is 11.8 Å². The Morgan fingerprint density at radius 1 is 1.11 bits per heavy atom. The van der Waals surface area contributed by atoms with Crippen LogP contribution >= 0.6 is 0 Å². The van der Waals surface area contributed by atoms with Crippen molar-refractivity contribution in [3.05, 3.63) is 35.9 Å². The average Bonchev–Trinajstić information content (AvgIpc) is 2.76. The van der Waals surface area contributed by atoms with E-state index < -0.39 is 5.60 Å². The number of carbonyl (C=O) groups excluding carboxylic acids is 1. The molecule has 18 heavy (non-hydrogen) atoms. The number of hydrogen-bond acceptors (Lipinski definition) is 2. The molecule has 1 aromatic carbocycles. The monoisotopic (exact) mass is 244 g/mol. The van der Waals surface area contributed by atoms with Gasteiger partial charge in [0.05, 0.1) is 5.60 Å². The third-order valence-corrected chi connectivity index (χ3v) is 4.83. The summed E-state index contributed by atoms with van der Waals surface area (Å²) in [5, 5.41) is 10.6. The Balaban J connectivity index is 1.83. The highest BCUT2D eigenvalue weighted by molar-refractivity contribution is 5.98. The SMILES string of the molecule is O=C(c1ccccc1)[C@@H]1CC[C@@]2(O)CCCC[C@@H]12. The van der Waals surface area contributed by atoms with Crippen LogP contribution in [0.5, 0.6) is 0 Å². The second-order valence-corrected chi connectivity index (χ2v) is 5.83. The molecule has 96 valence electrons. The number of carbonyl (C=O) groups is 1. The summed E-state index contributed by atoms with van der Waals surface area (Å²) in [7, 11) is 0. The van der Waals surface area contributed by atoms with Crippen molar-refractivity contribution < 1.29 is 9.90 Å². The molecule has 3 atom stereocenters. The molecule has 2 heteroatoms. The van der Waals surface area contributed by atoms with E-state index in [1.807, 2.05) is 30.3 Å². The number of ketones is 1. The molecule has 0 bridgehead atoms. The Morgan fingerprint density at radius 2 is 1.89 bits per heavy atom. The number of fused-ring (bicyclic) bond motifs is 1. The van der Waals surface area contributed by atoms with Gasteiger partial charge in [0.1, 0.15) is 0 Å². The summed E-state index contributed by atoms with van der Waals surface area (Å²) in [5.41, 5.74) is 0.255. The maximum absolute atomic E-state index is 12.5. The first-order chi connectivity index (χ1) is 8.71. The lowest BCUT2D eigenvalue weighted by Crippen LogP contribution is -2.39. The highest BCUT2D eigenvalue weighted by atomic mass is 16.3. The van der Waals surface area contributed by atoms with Crippen molar-refractivity contribution in [2.75, 3.05) is 0 Å². The van der Waals surface area contributed by atoms with Gasteiger partial charge in [-0.25, -0.2) is 0 Å². The molecule has 0 radical (unpaired) electrons. The van der Waals surface area contributed by atoms with E-state index in [2.05, 4.69) is 0 Å². The zero-order chi connectivity index (χ0) is 12.6. The molecule has 0 saturated heterocycles. The minimum absolute atomic E-state index is 0.0395. The lowest BCUT2D eigenvalue weighted by Gasteiger charge is -2.36. The van der Waals surface area contributed by atoms with Gasteiger partial charge < -0.3 is 5.11 Å². The second kappa shape index (κ2) is 4.51. The standard InChI is InChI=1S/C16H20O2/c17-15(12-6-2-1-3-7-12)13-9-11-16(18)10-5-4-8-14(13)16/h1-3,6-7,13-14,18H,4-5,8-11H2/t13-,14+,16+/m1/s1. The topological polar surface area (TPSA) is 37.3 Å². The maximum Gasteiger partial charge on any atom is 0.166 e. The normalized spacial score (nSPS) is 35.2. The summed E-state index contributed by atoms with van der Waals surface area (Å²) in [6.07, 6.45) is 5.83. The number of Topliss-reactive ketones (excluding diaryl/α,β-unsaturated/α-hetero) is 1. The van der Waals surface area contributed by atoms with Crippen LogP contribution in [0.2, 0.25) is 0 Å². The van der Waals surface area contributed by atoms with Crippen LogP contribution < -0.4 is 0 Å². The largest absolute Gasteiger partial charge is 0.390 e. The Hall–Kier alpha value is -1.15. The van der Waals surface area contributed by atoms with E-state index in [1.165, 1.54) is 0 Å². The maximum atomic E-state index is 12.5. The van der Waals surface area contributed by atoms with E-state index in [1.54, 1.807) is 0 Å². The molecule has 1 N–H and O–H groups in total. The molecule has 0 unspecified atom stereocenters. The molecule has 2 aliphatic carbocycles. The van der Waals surface area contributed by atoms with Crippen molar-refractivity contribution in [3.63, 3.8) is 0 Å². The van der Waals surface area contributed by atoms with Crippen molar-refractivity contribution >= 4 is 5.78 Å². The van der Waals surface area contributed by atoms with Gasteiger partial charge in [-0.2, -0.15) is 0 Å². The third kappa shape index (κ3) is 1.89. The van der Waals surface area contributed by atoms with Crippen molar-refractivity contribution in [2.45, 2.75) is 44.1 Å². The average molecular weight is 244 g/mol. The summed E-state index contributed by atoms with van der Waals surface area (Å²) < 4.78 is 0. The zero-order valence-corrected chi connectivity index (χ0v) is 10.6. The highest BCUT2D eigenvalue weighted by Gasteiger charge is 2.50. The van der Waals surface area contributed by atoms with E-state index >= 15 is 0 Å². The van der Waals surface area contributed by atoms with Gasteiger partial charge in [0.25, 0.3) is 0 Å². The van der Waals surface area contributed by atoms with Gasteiger partial charge in [0, 0.05) is 11.5 Å².